The smallest absolute Gasteiger partial charge is 0.155 e. The fourth-order valence-corrected chi connectivity index (χ4v) is 2.25. The average molecular weight is 236 g/mol. The van der Waals surface area contributed by atoms with E-state index in [9.17, 15) is 0 Å². The van der Waals surface area contributed by atoms with Crippen LogP contribution in [0.5, 0.6) is 0 Å². The van der Waals surface area contributed by atoms with Crippen molar-refractivity contribution in [3.63, 3.8) is 0 Å². The number of H-pyrrole nitrogens is 1. The molecule has 0 spiro atoms. The first-order valence-corrected chi connectivity index (χ1v) is 5.57. The van der Waals surface area contributed by atoms with E-state index in [-0.39, 0.29) is 0 Å². The third-order valence-corrected chi connectivity index (χ3v) is 3.06. The van der Waals surface area contributed by atoms with E-state index in [1.54, 1.807) is 0 Å². The van der Waals surface area contributed by atoms with Crippen molar-refractivity contribution in [1.29, 1.82) is 0 Å². The highest BCUT2D eigenvalue weighted by atomic mass is 16.5. The van der Waals surface area contributed by atoms with E-state index >= 15 is 0 Å². The molecule has 5 heteroatoms. The van der Waals surface area contributed by atoms with Crippen LogP contribution in [0.25, 0.3) is 33.1 Å². The quantitative estimate of drug-likeness (QED) is 0.551. The number of hydrogen-bond acceptors (Lipinski definition) is 4. The second kappa shape index (κ2) is 3.40. The molecule has 0 amide bonds. The molecule has 2 heterocycles. The number of benzene rings is 2. The number of aromatic nitrogens is 4. The van der Waals surface area contributed by atoms with Crippen LogP contribution in [-0.4, -0.2) is 20.6 Å². The predicted molar refractivity (Wildman–Crippen MR) is 66.9 cm³/mol. The highest BCUT2D eigenvalue weighted by Gasteiger charge is 2.13. The van der Waals surface area contributed by atoms with Crippen molar-refractivity contribution < 1.29 is 4.52 Å². The Bertz CT molecular complexity index is 833. The molecule has 2 aromatic heterocycles. The Morgan fingerprint density at radius 1 is 1.06 bits per heavy atom. The third-order valence-electron chi connectivity index (χ3n) is 3.06. The molecule has 2 aromatic carbocycles. The van der Waals surface area contributed by atoms with Crippen LogP contribution in [-0.2, 0) is 0 Å². The molecule has 0 radical (unpaired) electrons. The fourth-order valence-electron chi connectivity index (χ4n) is 2.25. The summed E-state index contributed by atoms with van der Waals surface area (Å²) in [4.78, 5) is 0. The van der Waals surface area contributed by atoms with Crippen LogP contribution in [0.4, 0.5) is 0 Å². The molecule has 0 bridgehead atoms. The van der Waals surface area contributed by atoms with Crippen LogP contribution >= 0.6 is 0 Å². The van der Waals surface area contributed by atoms with E-state index < -0.39 is 0 Å². The number of nitrogens with zero attached hydrogens (tertiary/aromatic N) is 3. The Morgan fingerprint density at radius 2 is 2.00 bits per heavy atom. The van der Waals surface area contributed by atoms with Gasteiger partial charge in [0.25, 0.3) is 0 Å². The summed E-state index contributed by atoms with van der Waals surface area (Å²) in [5, 5.41) is 18.1. The van der Waals surface area contributed by atoms with Crippen LogP contribution < -0.4 is 0 Å². The van der Waals surface area contributed by atoms with Crippen molar-refractivity contribution in [2.75, 3.05) is 0 Å². The lowest BCUT2D eigenvalue weighted by Gasteiger charge is -1.99. The maximum atomic E-state index is 4.78. The largest absolute Gasteiger partial charge is 0.345 e. The lowest BCUT2D eigenvalue weighted by atomic mass is 10.0. The number of fused-ring (bicyclic) bond motifs is 3. The zero-order chi connectivity index (χ0) is 11.9. The summed E-state index contributed by atoms with van der Waals surface area (Å²) < 4.78 is 4.78. The number of hydrogen-bond donors (Lipinski definition) is 1. The van der Waals surface area contributed by atoms with Gasteiger partial charge in [0.2, 0.25) is 0 Å². The van der Waals surface area contributed by atoms with Gasteiger partial charge in [-0.15, -0.1) is 5.10 Å². The van der Waals surface area contributed by atoms with Crippen molar-refractivity contribution in [2.24, 2.45) is 0 Å². The zero-order valence-corrected chi connectivity index (χ0v) is 9.29. The van der Waals surface area contributed by atoms with Crippen molar-refractivity contribution in [1.82, 2.24) is 20.6 Å². The van der Waals surface area contributed by atoms with Gasteiger partial charge in [-0.25, -0.2) is 0 Å². The van der Waals surface area contributed by atoms with E-state index in [2.05, 4.69) is 38.8 Å². The first kappa shape index (κ1) is 9.35. The number of nitrogens with one attached hydrogen (secondary N) is 1. The Labute approximate surface area is 101 Å². The zero-order valence-electron chi connectivity index (χ0n) is 9.29. The molecule has 0 aliphatic carbocycles. The van der Waals surface area contributed by atoms with Crippen LogP contribution in [0, 0.1) is 0 Å². The molecule has 4 rings (SSSR count). The van der Waals surface area contributed by atoms with Crippen LogP contribution in [0.2, 0.25) is 0 Å². The van der Waals surface area contributed by atoms with Crippen molar-refractivity contribution in [3.05, 3.63) is 42.7 Å². The monoisotopic (exact) mass is 236 g/mol. The molecule has 4 aromatic rings. The minimum Gasteiger partial charge on any atom is -0.345 e. The summed E-state index contributed by atoms with van der Waals surface area (Å²) in [6.45, 7) is 0. The lowest BCUT2D eigenvalue weighted by Crippen LogP contribution is -1.80. The Balaban J connectivity index is 2.19. The van der Waals surface area contributed by atoms with Crippen LogP contribution in [0.1, 0.15) is 0 Å². The van der Waals surface area contributed by atoms with E-state index in [4.69, 9.17) is 4.52 Å². The average Bonchev–Trinajstić information content (AvgIpc) is 3.07. The van der Waals surface area contributed by atoms with Gasteiger partial charge in [0, 0.05) is 10.7 Å². The molecule has 0 aliphatic rings. The summed E-state index contributed by atoms with van der Waals surface area (Å²) in [5.41, 5.74) is 2.38. The molecule has 0 atom stereocenters. The highest BCUT2D eigenvalue weighted by molar-refractivity contribution is 6.11. The molecule has 0 fully saturated rings. The van der Waals surface area contributed by atoms with Gasteiger partial charge in [-0.1, -0.05) is 30.3 Å². The molecule has 0 saturated heterocycles. The standard InChI is InChI=1S/C13H8N4O/c1-2-4-9-8(3-1)5-6-10-12(9)13(16-14-10)11-7-18-17-15-11/h1-7H,(H,14,16). The summed E-state index contributed by atoms with van der Waals surface area (Å²) in [6.07, 6.45) is 1.50. The van der Waals surface area contributed by atoms with Crippen molar-refractivity contribution in [2.45, 2.75) is 0 Å². The molecular weight excluding hydrogens is 228 g/mol. The SMILES string of the molecule is c1ccc2c(c1)ccc1[nH]nc(-c3conn3)c12. The van der Waals surface area contributed by atoms with Gasteiger partial charge in [0.05, 0.1) is 5.52 Å². The minimum atomic E-state index is 0.637. The Morgan fingerprint density at radius 3 is 2.89 bits per heavy atom. The van der Waals surface area contributed by atoms with Crippen LogP contribution in [0.3, 0.4) is 0 Å². The lowest BCUT2D eigenvalue weighted by molar-refractivity contribution is 0.393. The molecular formula is C13H8N4O. The second-order valence-electron chi connectivity index (χ2n) is 4.07. The van der Waals surface area contributed by atoms with Gasteiger partial charge in [0.1, 0.15) is 5.69 Å². The fraction of sp³-hybridized carbons (Fsp3) is 0. The molecule has 0 aliphatic heterocycles. The maximum absolute atomic E-state index is 4.78. The Kier molecular flexibility index (Phi) is 1.77. The summed E-state index contributed by atoms with van der Waals surface area (Å²) in [7, 11) is 0. The van der Waals surface area contributed by atoms with Crippen LogP contribution in [0.15, 0.2) is 47.2 Å². The maximum Gasteiger partial charge on any atom is 0.155 e. The summed E-state index contributed by atoms with van der Waals surface area (Å²) in [6, 6.07) is 12.3. The van der Waals surface area contributed by atoms with Gasteiger partial charge in [-0.3, -0.25) is 5.10 Å². The normalized spacial score (nSPS) is 11.3. The topological polar surface area (TPSA) is 67.6 Å². The molecule has 18 heavy (non-hydrogen) atoms. The van der Waals surface area contributed by atoms with Gasteiger partial charge < -0.3 is 4.52 Å². The van der Waals surface area contributed by atoms with E-state index in [0.717, 1.165) is 22.0 Å². The highest BCUT2D eigenvalue weighted by Crippen LogP contribution is 2.31. The minimum absolute atomic E-state index is 0.637. The summed E-state index contributed by atoms with van der Waals surface area (Å²) in [5.74, 6) is 0. The Hall–Kier alpha value is -2.69. The third kappa shape index (κ3) is 1.18. The predicted octanol–water partition coefficient (Wildman–Crippen LogP) is 2.77. The second-order valence-corrected chi connectivity index (χ2v) is 4.07. The van der Waals surface area contributed by atoms with Gasteiger partial charge >= 0.3 is 0 Å². The molecule has 1 N–H and O–H groups in total. The van der Waals surface area contributed by atoms with E-state index in [1.807, 2.05) is 18.2 Å². The van der Waals surface area contributed by atoms with Gasteiger partial charge in [-0.2, -0.15) is 5.10 Å². The number of aromatic amines is 1. The molecule has 0 saturated carbocycles. The van der Waals surface area contributed by atoms with E-state index in [0.29, 0.717) is 5.69 Å². The first-order valence-electron chi connectivity index (χ1n) is 5.57. The molecule has 86 valence electrons. The summed E-state index contributed by atoms with van der Waals surface area (Å²) >= 11 is 0. The van der Waals surface area contributed by atoms with E-state index in [1.165, 1.54) is 11.6 Å². The van der Waals surface area contributed by atoms with Crippen molar-refractivity contribution in [3.8, 4) is 11.4 Å². The molecule has 0 unspecified atom stereocenters. The van der Waals surface area contributed by atoms with Gasteiger partial charge in [0.15, 0.2) is 12.0 Å². The van der Waals surface area contributed by atoms with Crippen molar-refractivity contribution >= 4 is 21.7 Å². The number of rotatable bonds is 1. The first-order chi connectivity index (χ1) is 8.93. The van der Waals surface area contributed by atoms with Gasteiger partial charge in [-0.05, 0) is 16.8 Å². The molecule has 5 nitrogen and oxygen atoms in total.